The van der Waals surface area contributed by atoms with E-state index in [4.69, 9.17) is 21.1 Å². The molecule has 2 N–H and O–H groups in total. The van der Waals surface area contributed by atoms with Crippen molar-refractivity contribution in [2.75, 3.05) is 24.9 Å². The molecule has 3 amide bonds. The van der Waals surface area contributed by atoms with E-state index in [0.717, 1.165) is 32.1 Å². The lowest BCUT2D eigenvalue weighted by atomic mass is 9.94. The molecule has 0 spiro atoms. The summed E-state index contributed by atoms with van der Waals surface area (Å²) in [6, 6.07) is 11.5. The average molecular weight is 484 g/mol. The first-order valence-corrected chi connectivity index (χ1v) is 11.5. The maximum atomic E-state index is 13.0. The number of methoxy groups -OCH3 is 2. The van der Waals surface area contributed by atoms with E-state index in [1.54, 1.807) is 42.5 Å². The number of nitrogens with one attached hydrogen (secondary N) is 2. The second-order valence-corrected chi connectivity index (χ2v) is 8.57. The van der Waals surface area contributed by atoms with Crippen LogP contribution in [0.4, 0.5) is 11.4 Å². The molecule has 0 bridgehead atoms. The van der Waals surface area contributed by atoms with Gasteiger partial charge in [0.2, 0.25) is 0 Å². The molecule has 4 rings (SSSR count). The molecule has 1 aliphatic carbocycles. The number of hydrogen-bond acceptors (Lipinski definition) is 6. The lowest BCUT2D eigenvalue weighted by Crippen LogP contribution is -2.42. The number of ether oxygens (including phenoxy) is 2. The van der Waals surface area contributed by atoms with Crippen LogP contribution in [0.5, 0.6) is 11.5 Å². The molecule has 0 atom stereocenters. The Morgan fingerprint density at radius 1 is 1.00 bits per heavy atom. The minimum atomic E-state index is -0.472. The fourth-order valence-electron chi connectivity index (χ4n) is 4.29. The highest BCUT2D eigenvalue weighted by molar-refractivity contribution is 6.48. The molecule has 1 heterocycles. The third-order valence-corrected chi connectivity index (χ3v) is 6.40. The summed E-state index contributed by atoms with van der Waals surface area (Å²) in [6.45, 7) is 0. The zero-order chi connectivity index (χ0) is 24.2. The number of hydrogen-bond donors (Lipinski definition) is 2. The molecular weight excluding hydrogens is 458 g/mol. The summed E-state index contributed by atoms with van der Waals surface area (Å²) in [5.74, 6) is -0.232. The van der Waals surface area contributed by atoms with E-state index in [-0.39, 0.29) is 22.7 Å². The summed E-state index contributed by atoms with van der Waals surface area (Å²) in [4.78, 5) is 39.9. The molecule has 0 aromatic heterocycles. The van der Waals surface area contributed by atoms with Crippen molar-refractivity contribution >= 4 is 40.7 Å². The number of nitrogens with zero attached hydrogens (tertiary/aromatic N) is 1. The highest BCUT2D eigenvalue weighted by Gasteiger charge is 2.42. The van der Waals surface area contributed by atoms with Gasteiger partial charge in [0.1, 0.15) is 22.2 Å². The molecule has 1 fully saturated rings. The van der Waals surface area contributed by atoms with Crippen LogP contribution in [0.25, 0.3) is 0 Å². The van der Waals surface area contributed by atoms with E-state index >= 15 is 0 Å². The van der Waals surface area contributed by atoms with Crippen molar-refractivity contribution in [2.45, 2.75) is 38.1 Å². The third kappa shape index (κ3) is 4.72. The van der Waals surface area contributed by atoms with E-state index in [2.05, 4.69) is 10.6 Å². The Morgan fingerprint density at radius 2 is 1.76 bits per heavy atom. The Morgan fingerprint density at radius 3 is 2.47 bits per heavy atom. The standard InChI is InChI=1S/C25H26ClN3O5/c1-33-18-11-12-20(34-2)19(14-18)28-23(30)15-7-6-8-16(13-15)27-22-21(26)24(31)29(25(22)32)17-9-4-3-5-10-17/h6-8,11-14,17,27H,3-5,9-10H2,1-2H3,(H,28,30). The van der Waals surface area contributed by atoms with Gasteiger partial charge >= 0.3 is 0 Å². The summed E-state index contributed by atoms with van der Waals surface area (Å²) in [7, 11) is 3.04. The molecule has 1 saturated carbocycles. The Labute approximate surface area is 202 Å². The van der Waals surface area contributed by atoms with Gasteiger partial charge < -0.3 is 20.1 Å². The van der Waals surface area contributed by atoms with Gasteiger partial charge in [-0.3, -0.25) is 19.3 Å². The monoisotopic (exact) mass is 483 g/mol. The molecule has 8 nitrogen and oxygen atoms in total. The van der Waals surface area contributed by atoms with Crippen LogP contribution in [-0.2, 0) is 9.59 Å². The SMILES string of the molecule is COc1ccc(OC)c(NC(=O)c2cccc(NC3=C(Cl)C(=O)N(C4CCCCC4)C3=O)c2)c1. The quantitative estimate of drug-likeness (QED) is 0.562. The topological polar surface area (TPSA) is 97.0 Å². The highest BCUT2D eigenvalue weighted by atomic mass is 35.5. The van der Waals surface area contributed by atoms with Crippen molar-refractivity contribution in [2.24, 2.45) is 0 Å². The fraction of sp³-hybridized carbons (Fsp3) is 0.320. The largest absolute Gasteiger partial charge is 0.497 e. The molecular formula is C25H26ClN3O5. The van der Waals surface area contributed by atoms with Crippen LogP contribution in [0.3, 0.4) is 0 Å². The molecule has 34 heavy (non-hydrogen) atoms. The maximum absolute atomic E-state index is 13.0. The first-order chi connectivity index (χ1) is 16.4. The lowest BCUT2D eigenvalue weighted by Gasteiger charge is -2.29. The predicted octanol–water partition coefficient (Wildman–Crippen LogP) is 4.52. The van der Waals surface area contributed by atoms with Crippen molar-refractivity contribution < 1.29 is 23.9 Å². The zero-order valence-corrected chi connectivity index (χ0v) is 19.8. The molecule has 2 aliphatic rings. The second-order valence-electron chi connectivity index (χ2n) is 8.19. The van der Waals surface area contributed by atoms with Crippen molar-refractivity contribution in [1.29, 1.82) is 0 Å². The molecule has 1 aliphatic heterocycles. The number of amides is 3. The van der Waals surface area contributed by atoms with Gasteiger partial charge in [0.15, 0.2) is 0 Å². The Hall–Kier alpha value is -3.52. The van der Waals surface area contributed by atoms with Crippen molar-refractivity contribution in [1.82, 2.24) is 4.90 Å². The van der Waals surface area contributed by atoms with Gasteiger partial charge in [0, 0.05) is 23.4 Å². The number of benzene rings is 2. The number of imide groups is 1. The fourth-order valence-corrected chi connectivity index (χ4v) is 4.51. The van der Waals surface area contributed by atoms with Crippen molar-refractivity contribution in [3.05, 3.63) is 58.8 Å². The van der Waals surface area contributed by atoms with Gasteiger partial charge in [-0.05, 0) is 43.2 Å². The van der Waals surface area contributed by atoms with Crippen LogP contribution in [0.15, 0.2) is 53.2 Å². The van der Waals surface area contributed by atoms with Crippen LogP contribution >= 0.6 is 11.6 Å². The van der Waals surface area contributed by atoms with Crippen LogP contribution in [0.1, 0.15) is 42.5 Å². The number of carbonyl (C=O) groups is 3. The van der Waals surface area contributed by atoms with Gasteiger partial charge in [-0.25, -0.2) is 0 Å². The summed E-state index contributed by atoms with van der Waals surface area (Å²) < 4.78 is 10.5. The maximum Gasteiger partial charge on any atom is 0.279 e. The van der Waals surface area contributed by atoms with Crippen LogP contribution < -0.4 is 20.1 Å². The van der Waals surface area contributed by atoms with E-state index in [0.29, 0.717) is 28.4 Å². The van der Waals surface area contributed by atoms with E-state index in [9.17, 15) is 14.4 Å². The lowest BCUT2D eigenvalue weighted by molar-refractivity contribution is -0.140. The summed E-state index contributed by atoms with van der Waals surface area (Å²) in [5.41, 5.74) is 1.29. The smallest absolute Gasteiger partial charge is 0.279 e. The minimum Gasteiger partial charge on any atom is -0.497 e. The molecule has 0 unspecified atom stereocenters. The molecule has 178 valence electrons. The number of carbonyl (C=O) groups excluding carboxylic acids is 3. The zero-order valence-electron chi connectivity index (χ0n) is 19.0. The number of anilines is 2. The van der Waals surface area contributed by atoms with Gasteiger partial charge in [0.25, 0.3) is 17.7 Å². The van der Waals surface area contributed by atoms with Crippen LogP contribution in [0.2, 0.25) is 0 Å². The second kappa shape index (κ2) is 10.2. The summed E-state index contributed by atoms with van der Waals surface area (Å²) in [5, 5.41) is 5.63. The van der Waals surface area contributed by atoms with E-state index in [1.807, 2.05) is 0 Å². The van der Waals surface area contributed by atoms with Crippen molar-refractivity contribution in [3.63, 3.8) is 0 Å². The minimum absolute atomic E-state index is 0.0317. The van der Waals surface area contributed by atoms with Crippen LogP contribution in [-0.4, -0.2) is 42.9 Å². The average Bonchev–Trinajstić information content (AvgIpc) is 3.07. The van der Waals surface area contributed by atoms with Crippen molar-refractivity contribution in [3.8, 4) is 11.5 Å². The molecule has 9 heteroatoms. The molecule has 0 saturated heterocycles. The molecule has 0 radical (unpaired) electrons. The number of rotatable bonds is 7. The molecule has 2 aromatic rings. The molecule has 2 aromatic carbocycles. The first-order valence-electron chi connectivity index (χ1n) is 11.1. The normalized spacial score (nSPS) is 16.6. The third-order valence-electron chi connectivity index (χ3n) is 6.05. The van der Waals surface area contributed by atoms with Crippen LogP contribution in [0, 0.1) is 0 Å². The first kappa shape index (κ1) is 23.6. The number of halogens is 1. The Kier molecular flexibility index (Phi) is 7.07. The van der Waals surface area contributed by atoms with E-state index in [1.165, 1.54) is 19.1 Å². The van der Waals surface area contributed by atoms with Gasteiger partial charge in [-0.1, -0.05) is 36.9 Å². The summed E-state index contributed by atoms with van der Waals surface area (Å²) in [6.07, 6.45) is 4.65. The Balaban J connectivity index is 1.51. The summed E-state index contributed by atoms with van der Waals surface area (Å²) >= 11 is 6.26. The van der Waals surface area contributed by atoms with Gasteiger partial charge in [-0.2, -0.15) is 0 Å². The van der Waals surface area contributed by atoms with E-state index < -0.39 is 11.8 Å². The van der Waals surface area contributed by atoms with Gasteiger partial charge in [0.05, 0.1) is 19.9 Å². The highest BCUT2D eigenvalue weighted by Crippen LogP contribution is 2.33. The Bertz CT molecular complexity index is 1160. The van der Waals surface area contributed by atoms with Gasteiger partial charge in [-0.15, -0.1) is 0 Å². The predicted molar refractivity (Wildman–Crippen MR) is 129 cm³/mol.